The fourth-order valence-corrected chi connectivity index (χ4v) is 3.76. The minimum Gasteiger partial charge on any atom is -0.323 e. The number of thiophene rings is 1. The summed E-state index contributed by atoms with van der Waals surface area (Å²) in [5.41, 5.74) is 2.32. The summed E-state index contributed by atoms with van der Waals surface area (Å²) >= 11 is 5.40. The van der Waals surface area contributed by atoms with E-state index in [-0.39, 0.29) is 0 Å². The minimum atomic E-state index is 0.897. The van der Waals surface area contributed by atoms with E-state index in [4.69, 9.17) is 4.98 Å². The fourth-order valence-electron chi connectivity index (χ4n) is 2.30. The second-order valence-corrected chi connectivity index (χ2v) is 6.40. The van der Waals surface area contributed by atoms with E-state index in [0.29, 0.717) is 0 Å². The average Bonchev–Trinajstić information content (AvgIpc) is 2.96. The Morgan fingerprint density at radius 2 is 2.11 bits per heavy atom. The van der Waals surface area contributed by atoms with Crippen molar-refractivity contribution in [3.05, 3.63) is 50.9 Å². The third-order valence-electron chi connectivity index (χ3n) is 3.20. The van der Waals surface area contributed by atoms with Crippen LogP contribution in [0.1, 0.15) is 24.0 Å². The lowest BCUT2D eigenvalue weighted by Crippen LogP contribution is -2.04. The monoisotopic (exact) mass is 334 g/mol. The normalized spacial score (nSPS) is 11.3. The molecule has 0 amide bonds. The Kier molecular flexibility index (Phi) is 3.71. The number of benzene rings is 1. The first-order valence-electron chi connectivity index (χ1n) is 6.45. The van der Waals surface area contributed by atoms with Gasteiger partial charge in [0, 0.05) is 15.8 Å². The van der Waals surface area contributed by atoms with Gasteiger partial charge in [-0.25, -0.2) is 4.98 Å². The molecule has 0 fully saturated rings. The highest BCUT2D eigenvalue weighted by atomic mass is 79.9. The summed E-state index contributed by atoms with van der Waals surface area (Å²) in [5, 5.41) is 2.12. The van der Waals surface area contributed by atoms with Crippen LogP contribution in [0.5, 0.6) is 0 Å². The van der Waals surface area contributed by atoms with Crippen LogP contribution in [-0.2, 0) is 13.0 Å². The SMILES string of the molecule is CCCc1nc2ccccc2n1Cc1sccc1Br. The predicted octanol–water partition coefficient (Wildman–Crippen LogP) is 4.86. The molecule has 0 N–H and O–H groups in total. The summed E-state index contributed by atoms with van der Waals surface area (Å²) in [7, 11) is 0. The second kappa shape index (κ2) is 5.47. The molecule has 0 radical (unpaired) electrons. The van der Waals surface area contributed by atoms with E-state index >= 15 is 0 Å². The Labute approximate surface area is 125 Å². The maximum atomic E-state index is 4.76. The number of fused-ring (bicyclic) bond motifs is 1. The quantitative estimate of drug-likeness (QED) is 0.666. The van der Waals surface area contributed by atoms with Gasteiger partial charge in [0.15, 0.2) is 0 Å². The minimum absolute atomic E-state index is 0.897. The van der Waals surface area contributed by atoms with Crippen LogP contribution in [-0.4, -0.2) is 9.55 Å². The van der Waals surface area contributed by atoms with E-state index in [0.717, 1.165) is 24.9 Å². The summed E-state index contributed by atoms with van der Waals surface area (Å²) in [6.07, 6.45) is 2.15. The molecule has 0 unspecified atom stereocenters. The van der Waals surface area contributed by atoms with Gasteiger partial charge < -0.3 is 4.57 Å². The zero-order valence-corrected chi connectivity index (χ0v) is 13.2. The molecule has 98 valence electrons. The lowest BCUT2D eigenvalue weighted by atomic mass is 10.3. The number of para-hydroxylation sites is 2. The fraction of sp³-hybridized carbons (Fsp3) is 0.267. The van der Waals surface area contributed by atoms with Crippen LogP contribution in [0.2, 0.25) is 0 Å². The van der Waals surface area contributed by atoms with Gasteiger partial charge in [-0.05, 0) is 45.9 Å². The molecule has 0 aliphatic carbocycles. The first kappa shape index (κ1) is 12.9. The number of aromatic nitrogens is 2. The molecule has 0 aliphatic heterocycles. The highest BCUT2D eigenvalue weighted by molar-refractivity contribution is 9.10. The van der Waals surface area contributed by atoms with E-state index in [1.54, 1.807) is 11.3 Å². The third-order valence-corrected chi connectivity index (χ3v) is 5.11. The van der Waals surface area contributed by atoms with Gasteiger partial charge in [0.25, 0.3) is 0 Å². The number of imidazole rings is 1. The van der Waals surface area contributed by atoms with E-state index in [1.165, 1.54) is 20.7 Å². The van der Waals surface area contributed by atoms with Crippen LogP contribution in [0.25, 0.3) is 11.0 Å². The van der Waals surface area contributed by atoms with Crippen molar-refractivity contribution in [3.8, 4) is 0 Å². The van der Waals surface area contributed by atoms with Gasteiger partial charge in [-0.1, -0.05) is 19.1 Å². The molecular formula is C15H15BrN2S. The average molecular weight is 335 g/mol. The molecule has 19 heavy (non-hydrogen) atoms. The topological polar surface area (TPSA) is 17.8 Å². The Balaban J connectivity index is 2.09. The van der Waals surface area contributed by atoms with E-state index in [1.807, 2.05) is 0 Å². The lowest BCUT2D eigenvalue weighted by Gasteiger charge is -2.07. The molecule has 2 nitrogen and oxygen atoms in total. The zero-order valence-electron chi connectivity index (χ0n) is 10.8. The van der Waals surface area contributed by atoms with E-state index in [9.17, 15) is 0 Å². The van der Waals surface area contributed by atoms with Crippen LogP contribution in [0.4, 0.5) is 0 Å². The van der Waals surface area contributed by atoms with Crippen LogP contribution in [0.3, 0.4) is 0 Å². The summed E-state index contributed by atoms with van der Waals surface area (Å²) < 4.78 is 3.54. The highest BCUT2D eigenvalue weighted by Gasteiger charge is 2.11. The summed E-state index contributed by atoms with van der Waals surface area (Å²) in [5.74, 6) is 1.18. The lowest BCUT2D eigenvalue weighted by molar-refractivity contribution is 0.726. The predicted molar refractivity (Wildman–Crippen MR) is 84.8 cm³/mol. The molecule has 0 saturated heterocycles. The Morgan fingerprint density at radius 1 is 1.26 bits per heavy atom. The number of halogens is 1. The number of aryl methyl sites for hydroxylation is 1. The maximum Gasteiger partial charge on any atom is 0.110 e. The van der Waals surface area contributed by atoms with E-state index in [2.05, 4.69) is 63.1 Å². The largest absolute Gasteiger partial charge is 0.323 e. The van der Waals surface area contributed by atoms with Crippen molar-refractivity contribution >= 4 is 38.3 Å². The second-order valence-electron chi connectivity index (χ2n) is 4.54. The molecule has 4 heteroatoms. The number of hydrogen-bond donors (Lipinski definition) is 0. The van der Waals surface area contributed by atoms with Crippen LogP contribution < -0.4 is 0 Å². The van der Waals surface area contributed by atoms with Crippen molar-refractivity contribution < 1.29 is 0 Å². The molecule has 0 atom stereocenters. The van der Waals surface area contributed by atoms with Gasteiger partial charge >= 0.3 is 0 Å². The summed E-state index contributed by atoms with van der Waals surface area (Å²) in [4.78, 5) is 6.11. The Hall–Kier alpha value is -1.13. The van der Waals surface area contributed by atoms with Crippen molar-refractivity contribution in [2.24, 2.45) is 0 Å². The molecule has 2 aromatic heterocycles. The molecule has 1 aromatic carbocycles. The van der Waals surface area contributed by atoms with Crippen molar-refractivity contribution in [3.63, 3.8) is 0 Å². The van der Waals surface area contributed by atoms with Crippen LogP contribution in [0, 0.1) is 0 Å². The van der Waals surface area contributed by atoms with Crippen molar-refractivity contribution in [1.82, 2.24) is 9.55 Å². The molecule has 0 spiro atoms. The summed E-state index contributed by atoms with van der Waals surface area (Å²) in [6, 6.07) is 10.5. The molecular weight excluding hydrogens is 320 g/mol. The molecule has 3 rings (SSSR count). The highest BCUT2D eigenvalue weighted by Crippen LogP contribution is 2.26. The van der Waals surface area contributed by atoms with Gasteiger partial charge in [0.2, 0.25) is 0 Å². The number of nitrogens with zero attached hydrogens (tertiary/aromatic N) is 2. The van der Waals surface area contributed by atoms with Gasteiger partial charge in [-0.2, -0.15) is 0 Å². The molecule has 0 saturated carbocycles. The van der Waals surface area contributed by atoms with Crippen molar-refractivity contribution in [2.45, 2.75) is 26.3 Å². The van der Waals surface area contributed by atoms with Gasteiger partial charge in [-0.15, -0.1) is 11.3 Å². The summed E-state index contributed by atoms with van der Waals surface area (Å²) in [6.45, 7) is 3.10. The number of hydrogen-bond acceptors (Lipinski definition) is 2. The first-order chi connectivity index (χ1) is 9.29. The van der Waals surface area contributed by atoms with Gasteiger partial charge in [0.1, 0.15) is 5.82 Å². The maximum absolute atomic E-state index is 4.76. The smallest absolute Gasteiger partial charge is 0.110 e. The Bertz CT molecular complexity index is 699. The molecule has 2 heterocycles. The van der Waals surface area contributed by atoms with Crippen molar-refractivity contribution in [1.29, 1.82) is 0 Å². The van der Waals surface area contributed by atoms with Crippen LogP contribution in [0.15, 0.2) is 40.2 Å². The van der Waals surface area contributed by atoms with Crippen molar-refractivity contribution in [2.75, 3.05) is 0 Å². The van der Waals surface area contributed by atoms with Gasteiger partial charge in [-0.3, -0.25) is 0 Å². The standard InChI is InChI=1S/C15H15BrN2S/c1-2-5-15-17-12-6-3-4-7-13(12)18(15)10-14-11(16)8-9-19-14/h3-4,6-9H,2,5,10H2,1H3. The first-order valence-corrected chi connectivity index (χ1v) is 8.13. The molecule has 0 bridgehead atoms. The zero-order chi connectivity index (χ0) is 13.2. The van der Waals surface area contributed by atoms with E-state index < -0.39 is 0 Å². The Morgan fingerprint density at radius 3 is 2.84 bits per heavy atom. The third kappa shape index (κ3) is 2.47. The molecule has 3 aromatic rings. The number of rotatable bonds is 4. The molecule has 0 aliphatic rings. The van der Waals surface area contributed by atoms with Gasteiger partial charge in [0.05, 0.1) is 17.6 Å². The van der Waals surface area contributed by atoms with Crippen LogP contribution >= 0.6 is 27.3 Å².